The summed E-state index contributed by atoms with van der Waals surface area (Å²) >= 11 is 1.56. The molecule has 0 aliphatic heterocycles. The lowest BCUT2D eigenvalue weighted by atomic mass is 10.2. The average molecular weight is 286 g/mol. The number of fused-ring (bicyclic) bond motifs is 1. The van der Waals surface area contributed by atoms with Crippen molar-refractivity contribution >= 4 is 33.1 Å². The zero-order valence-electron chi connectivity index (χ0n) is 10.7. The lowest BCUT2D eigenvalue weighted by Gasteiger charge is -2.05. The summed E-state index contributed by atoms with van der Waals surface area (Å²) in [7, 11) is 0. The first-order valence-corrected chi connectivity index (χ1v) is 6.88. The number of aryl methyl sites for hydroxylation is 1. The van der Waals surface area contributed by atoms with E-state index in [1.165, 1.54) is 12.1 Å². The minimum absolute atomic E-state index is 0.0353. The van der Waals surface area contributed by atoms with Crippen molar-refractivity contribution in [3.63, 3.8) is 0 Å². The van der Waals surface area contributed by atoms with Gasteiger partial charge in [0, 0.05) is 5.69 Å². The summed E-state index contributed by atoms with van der Waals surface area (Å²) in [5.74, 6) is -0.983. The molecule has 1 heterocycles. The number of nitrogens with one attached hydrogen (secondary N) is 1. The predicted molar refractivity (Wildman–Crippen MR) is 78.7 cm³/mol. The van der Waals surface area contributed by atoms with Gasteiger partial charge in [0.1, 0.15) is 5.82 Å². The smallest absolute Gasteiger partial charge is 0.258 e. The van der Waals surface area contributed by atoms with E-state index >= 15 is 0 Å². The van der Waals surface area contributed by atoms with Crippen molar-refractivity contribution in [2.75, 3.05) is 5.32 Å². The van der Waals surface area contributed by atoms with Gasteiger partial charge in [-0.05, 0) is 37.3 Å². The summed E-state index contributed by atoms with van der Waals surface area (Å²) in [5, 5.41) is 3.67. The first-order chi connectivity index (χ1) is 9.63. The molecule has 3 aromatic rings. The molecule has 3 rings (SSSR count). The third kappa shape index (κ3) is 2.40. The molecule has 5 heteroatoms. The Morgan fingerprint density at radius 1 is 1.25 bits per heavy atom. The molecule has 3 nitrogen and oxygen atoms in total. The molecular formula is C15H11FN2OS. The van der Waals surface area contributed by atoms with Crippen LogP contribution in [0.15, 0.2) is 42.5 Å². The van der Waals surface area contributed by atoms with Gasteiger partial charge in [0.2, 0.25) is 0 Å². The number of hydrogen-bond donors (Lipinski definition) is 1. The Balaban J connectivity index is 1.89. The summed E-state index contributed by atoms with van der Waals surface area (Å²) in [6, 6.07) is 11.4. The number of carbonyl (C=O) groups is 1. The van der Waals surface area contributed by atoms with Crippen molar-refractivity contribution in [2.24, 2.45) is 0 Å². The Morgan fingerprint density at radius 2 is 2.05 bits per heavy atom. The Hall–Kier alpha value is -2.27. The van der Waals surface area contributed by atoms with Crippen LogP contribution in [0.2, 0.25) is 0 Å². The van der Waals surface area contributed by atoms with E-state index in [1.807, 2.05) is 19.1 Å². The normalized spacial score (nSPS) is 10.7. The van der Waals surface area contributed by atoms with Crippen molar-refractivity contribution < 1.29 is 9.18 Å². The van der Waals surface area contributed by atoms with Crippen LogP contribution in [0.4, 0.5) is 10.1 Å². The lowest BCUT2D eigenvalue weighted by Crippen LogP contribution is -2.13. The Bertz CT molecular complexity index is 797. The quantitative estimate of drug-likeness (QED) is 0.773. The van der Waals surface area contributed by atoms with Crippen molar-refractivity contribution in [1.82, 2.24) is 4.98 Å². The fraction of sp³-hybridized carbons (Fsp3) is 0.0667. The van der Waals surface area contributed by atoms with E-state index < -0.39 is 11.7 Å². The van der Waals surface area contributed by atoms with Crippen molar-refractivity contribution in [3.8, 4) is 0 Å². The molecule has 2 aromatic carbocycles. The van der Waals surface area contributed by atoms with Crippen LogP contribution in [-0.4, -0.2) is 10.9 Å². The molecule has 20 heavy (non-hydrogen) atoms. The van der Waals surface area contributed by atoms with Gasteiger partial charge in [0.25, 0.3) is 5.91 Å². The number of halogens is 1. The van der Waals surface area contributed by atoms with E-state index in [-0.39, 0.29) is 5.56 Å². The number of rotatable bonds is 2. The zero-order chi connectivity index (χ0) is 14.1. The first-order valence-electron chi connectivity index (χ1n) is 6.06. The van der Waals surface area contributed by atoms with E-state index in [2.05, 4.69) is 10.3 Å². The summed E-state index contributed by atoms with van der Waals surface area (Å²) in [5.41, 5.74) is 1.57. The van der Waals surface area contributed by atoms with Gasteiger partial charge in [-0.1, -0.05) is 12.1 Å². The second-order valence-electron chi connectivity index (χ2n) is 4.35. The molecule has 1 amide bonds. The SMILES string of the molecule is Cc1nc2ccc(NC(=O)c3ccccc3F)cc2s1. The maximum atomic E-state index is 13.5. The highest BCUT2D eigenvalue weighted by atomic mass is 32.1. The lowest BCUT2D eigenvalue weighted by molar-refractivity contribution is 0.102. The average Bonchev–Trinajstić information content (AvgIpc) is 2.78. The van der Waals surface area contributed by atoms with Crippen LogP contribution in [0.25, 0.3) is 10.2 Å². The third-order valence-electron chi connectivity index (χ3n) is 2.87. The molecule has 0 aliphatic carbocycles. The minimum atomic E-state index is -0.528. The first kappa shape index (κ1) is 12.7. The number of aromatic nitrogens is 1. The summed E-state index contributed by atoms with van der Waals surface area (Å²) < 4.78 is 14.5. The van der Waals surface area contributed by atoms with Crippen LogP contribution in [0.1, 0.15) is 15.4 Å². The van der Waals surface area contributed by atoms with Gasteiger partial charge >= 0.3 is 0 Å². The van der Waals surface area contributed by atoms with E-state index in [0.29, 0.717) is 5.69 Å². The second-order valence-corrected chi connectivity index (χ2v) is 5.58. The predicted octanol–water partition coefficient (Wildman–Crippen LogP) is 4.00. The van der Waals surface area contributed by atoms with E-state index in [1.54, 1.807) is 29.5 Å². The molecular weight excluding hydrogens is 275 g/mol. The van der Waals surface area contributed by atoms with Crippen molar-refractivity contribution in [3.05, 3.63) is 58.9 Å². The number of amides is 1. The largest absolute Gasteiger partial charge is 0.322 e. The number of nitrogens with zero attached hydrogens (tertiary/aromatic N) is 1. The Kier molecular flexibility index (Phi) is 3.20. The molecule has 0 spiro atoms. The summed E-state index contributed by atoms with van der Waals surface area (Å²) in [6.45, 7) is 1.93. The third-order valence-corrected chi connectivity index (χ3v) is 3.81. The van der Waals surface area contributed by atoms with Crippen LogP contribution < -0.4 is 5.32 Å². The van der Waals surface area contributed by atoms with Crippen molar-refractivity contribution in [1.29, 1.82) is 0 Å². The van der Waals surface area contributed by atoms with Crippen LogP contribution in [0, 0.1) is 12.7 Å². The van der Waals surface area contributed by atoms with Gasteiger partial charge in [0.15, 0.2) is 0 Å². The van der Waals surface area contributed by atoms with Crippen LogP contribution in [-0.2, 0) is 0 Å². The highest BCUT2D eigenvalue weighted by molar-refractivity contribution is 7.18. The van der Waals surface area contributed by atoms with Gasteiger partial charge in [-0.25, -0.2) is 9.37 Å². The summed E-state index contributed by atoms with van der Waals surface area (Å²) in [4.78, 5) is 16.4. The molecule has 0 aliphatic rings. The van der Waals surface area contributed by atoms with Crippen LogP contribution in [0.3, 0.4) is 0 Å². The Labute approximate surface area is 119 Å². The van der Waals surface area contributed by atoms with Crippen LogP contribution in [0.5, 0.6) is 0 Å². The van der Waals surface area contributed by atoms with E-state index in [0.717, 1.165) is 15.2 Å². The van der Waals surface area contributed by atoms with Crippen LogP contribution >= 0.6 is 11.3 Å². The second kappa shape index (κ2) is 5.02. The van der Waals surface area contributed by atoms with Gasteiger partial charge in [-0.15, -0.1) is 11.3 Å². The van der Waals surface area contributed by atoms with Gasteiger partial charge in [-0.3, -0.25) is 4.79 Å². The molecule has 0 saturated carbocycles. The number of benzene rings is 2. The molecule has 1 aromatic heterocycles. The fourth-order valence-corrected chi connectivity index (χ4v) is 2.83. The zero-order valence-corrected chi connectivity index (χ0v) is 11.5. The highest BCUT2D eigenvalue weighted by Gasteiger charge is 2.11. The molecule has 0 bridgehead atoms. The molecule has 0 saturated heterocycles. The fourth-order valence-electron chi connectivity index (χ4n) is 1.96. The maximum absolute atomic E-state index is 13.5. The molecule has 1 N–H and O–H groups in total. The topological polar surface area (TPSA) is 42.0 Å². The maximum Gasteiger partial charge on any atom is 0.258 e. The van der Waals surface area contributed by atoms with Gasteiger partial charge in [-0.2, -0.15) is 0 Å². The summed E-state index contributed by atoms with van der Waals surface area (Å²) in [6.07, 6.45) is 0. The standard InChI is InChI=1S/C15H11FN2OS/c1-9-17-13-7-6-10(8-14(13)20-9)18-15(19)11-4-2-3-5-12(11)16/h2-8H,1H3,(H,18,19). The minimum Gasteiger partial charge on any atom is -0.322 e. The van der Waals surface area contributed by atoms with Gasteiger partial charge < -0.3 is 5.32 Å². The Morgan fingerprint density at radius 3 is 2.85 bits per heavy atom. The highest BCUT2D eigenvalue weighted by Crippen LogP contribution is 2.25. The molecule has 0 atom stereocenters. The molecule has 100 valence electrons. The van der Waals surface area contributed by atoms with Gasteiger partial charge in [0.05, 0.1) is 20.8 Å². The molecule has 0 unspecified atom stereocenters. The van der Waals surface area contributed by atoms with E-state index in [9.17, 15) is 9.18 Å². The number of carbonyl (C=O) groups excluding carboxylic acids is 1. The molecule has 0 radical (unpaired) electrons. The molecule has 0 fully saturated rings. The van der Waals surface area contributed by atoms with Crippen molar-refractivity contribution in [2.45, 2.75) is 6.92 Å². The monoisotopic (exact) mass is 286 g/mol. The number of hydrogen-bond acceptors (Lipinski definition) is 3. The van der Waals surface area contributed by atoms with E-state index in [4.69, 9.17) is 0 Å². The number of thiazole rings is 1. The number of anilines is 1.